The maximum atomic E-state index is 11.3. The van der Waals surface area contributed by atoms with Crippen LogP contribution in [-0.4, -0.2) is 31.1 Å². The van der Waals surface area contributed by atoms with Gasteiger partial charge in [-0.1, -0.05) is 0 Å². The van der Waals surface area contributed by atoms with Crippen molar-refractivity contribution >= 4 is 44.7 Å². The zero-order valence-electron chi connectivity index (χ0n) is 13.1. The molecule has 128 valence electrons. The highest BCUT2D eigenvalue weighted by atomic mass is 32.1. The Morgan fingerprint density at radius 3 is 2.68 bits per heavy atom. The molecule has 9 nitrogen and oxygen atoms in total. The number of nitrogens with zero attached hydrogens (tertiary/aromatic N) is 3. The summed E-state index contributed by atoms with van der Waals surface area (Å²) in [6, 6.07) is 3.56. The number of phenolic OH excluding ortho intramolecular Hbond substituents is 1. The van der Waals surface area contributed by atoms with Crippen molar-refractivity contribution in [1.29, 1.82) is 0 Å². The van der Waals surface area contributed by atoms with Crippen LogP contribution in [0.5, 0.6) is 5.75 Å². The molecule has 0 aliphatic rings. The number of aromatic nitrogens is 2. The van der Waals surface area contributed by atoms with Gasteiger partial charge < -0.3 is 15.5 Å². The monoisotopic (exact) mass is 360 g/mol. The Morgan fingerprint density at radius 1 is 1.32 bits per heavy atom. The van der Waals surface area contributed by atoms with Crippen LogP contribution in [0.15, 0.2) is 18.2 Å². The number of phenols is 1. The molecular weight excluding hydrogens is 348 g/mol. The first-order valence-corrected chi connectivity index (χ1v) is 7.85. The topological polar surface area (TPSA) is 138 Å². The Kier molecular flexibility index (Phi) is 3.97. The van der Waals surface area contributed by atoms with Crippen LogP contribution in [0.1, 0.15) is 21.1 Å². The zero-order chi connectivity index (χ0) is 18.3. The summed E-state index contributed by atoms with van der Waals surface area (Å²) in [5.41, 5.74) is 0.381. The number of nitro groups is 1. The molecule has 3 rings (SSSR count). The third-order valence-electron chi connectivity index (χ3n) is 3.54. The van der Waals surface area contributed by atoms with E-state index in [1.54, 1.807) is 13.8 Å². The van der Waals surface area contributed by atoms with Crippen molar-refractivity contribution in [3.63, 3.8) is 0 Å². The van der Waals surface area contributed by atoms with E-state index < -0.39 is 10.9 Å². The number of hydrogen-bond donors (Lipinski definition) is 3. The zero-order valence-corrected chi connectivity index (χ0v) is 13.9. The molecule has 0 bridgehead atoms. The fourth-order valence-corrected chi connectivity index (χ4v) is 3.47. The lowest BCUT2D eigenvalue weighted by molar-refractivity contribution is -0.384. The van der Waals surface area contributed by atoms with Crippen LogP contribution in [0.2, 0.25) is 0 Å². The average Bonchev–Trinajstić information content (AvgIpc) is 2.86. The molecular formula is C15H12N4O5S. The van der Waals surface area contributed by atoms with E-state index in [9.17, 15) is 25.1 Å². The second-order valence-electron chi connectivity index (χ2n) is 5.24. The molecule has 0 spiro atoms. The second kappa shape index (κ2) is 5.98. The van der Waals surface area contributed by atoms with Gasteiger partial charge in [0.25, 0.3) is 5.69 Å². The minimum Gasteiger partial charge on any atom is -0.506 e. The first-order valence-electron chi connectivity index (χ1n) is 7.03. The Balaban J connectivity index is 2.18. The van der Waals surface area contributed by atoms with Gasteiger partial charge in [-0.25, -0.2) is 14.8 Å². The van der Waals surface area contributed by atoms with E-state index in [2.05, 4.69) is 15.3 Å². The molecule has 0 saturated carbocycles. The predicted octanol–water partition coefficient (Wildman–Crippen LogP) is 3.36. The lowest BCUT2D eigenvalue weighted by Crippen LogP contribution is -2.00. The van der Waals surface area contributed by atoms with Crippen LogP contribution < -0.4 is 5.32 Å². The molecule has 25 heavy (non-hydrogen) atoms. The first-order chi connectivity index (χ1) is 11.8. The van der Waals surface area contributed by atoms with Gasteiger partial charge in [-0.2, -0.15) is 0 Å². The maximum Gasteiger partial charge on any atom is 0.346 e. The smallest absolute Gasteiger partial charge is 0.346 e. The van der Waals surface area contributed by atoms with Gasteiger partial charge in [-0.3, -0.25) is 10.1 Å². The molecule has 0 unspecified atom stereocenters. The van der Waals surface area contributed by atoms with Gasteiger partial charge in [-0.15, -0.1) is 11.3 Å². The molecule has 0 amide bonds. The van der Waals surface area contributed by atoms with Gasteiger partial charge in [0.2, 0.25) is 0 Å². The number of hydrogen-bond acceptors (Lipinski definition) is 8. The van der Waals surface area contributed by atoms with Crippen molar-refractivity contribution < 1.29 is 19.9 Å². The lowest BCUT2D eigenvalue weighted by atomic mass is 10.2. The number of non-ortho nitro benzene ring substituents is 1. The molecule has 10 heteroatoms. The number of aromatic hydroxyl groups is 1. The van der Waals surface area contributed by atoms with Crippen LogP contribution in [-0.2, 0) is 0 Å². The van der Waals surface area contributed by atoms with Gasteiger partial charge in [0.1, 0.15) is 27.1 Å². The average molecular weight is 360 g/mol. The highest BCUT2D eigenvalue weighted by molar-refractivity contribution is 7.20. The van der Waals surface area contributed by atoms with E-state index in [4.69, 9.17) is 0 Å². The summed E-state index contributed by atoms with van der Waals surface area (Å²) in [6.07, 6.45) is 0. The molecule has 1 aromatic carbocycles. The van der Waals surface area contributed by atoms with E-state index >= 15 is 0 Å². The van der Waals surface area contributed by atoms with E-state index in [1.165, 1.54) is 18.2 Å². The number of anilines is 2. The van der Waals surface area contributed by atoms with Crippen molar-refractivity contribution in [3.8, 4) is 5.75 Å². The molecule has 2 heterocycles. The van der Waals surface area contributed by atoms with Gasteiger partial charge >= 0.3 is 5.97 Å². The predicted molar refractivity (Wildman–Crippen MR) is 91.9 cm³/mol. The maximum absolute atomic E-state index is 11.3. The number of carboxylic acid groups (broad SMARTS) is 1. The number of aromatic carboxylic acids is 1. The molecule has 2 aromatic heterocycles. The van der Waals surface area contributed by atoms with E-state index in [1.807, 2.05) is 0 Å². The summed E-state index contributed by atoms with van der Waals surface area (Å²) < 4.78 is 0. The number of carbonyl (C=O) groups is 1. The van der Waals surface area contributed by atoms with Gasteiger partial charge in [0, 0.05) is 12.1 Å². The third-order valence-corrected chi connectivity index (χ3v) is 4.71. The van der Waals surface area contributed by atoms with Gasteiger partial charge in [0.05, 0.1) is 16.0 Å². The summed E-state index contributed by atoms with van der Waals surface area (Å²) in [5, 5.41) is 33.5. The summed E-state index contributed by atoms with van der Waals surface area (Å²) in [7, 11) is 0. The number of benzene rings is 1. The van der Waals surface area contributed by atoms with Crippen molar-refractivity contribution in [3.05, 3.63) is 44.6 Å². The van der Waals surface area contributed by atoms with Crippen LogP contribution in [0.3, 0.4) is 0 Å². The minimum absolute atomic E-state index is 0.0936. The van der Waals surface area contributed by atoms with Crippen LogP contribution in [0, 0.1) is 24.0 Å². The van der Waals surface area contributed by atoms with Gasteiger partial charge in [0.15, 0.2) is 0 Å². The fourth-order valence-electron chi connectivity index (χ4n) is 2.41. The lowest BCUT2D eigenvalue weighted by Gasteiger charge is -2.10. The molecule has 0 atom stereocenters. The van der Waals surface area contributed by atoms with Crippen LogP contribution in [0.4, 0.5) is 17.2 Å². The Labute approximate surface area is 144 Å². The van der Waals surface area contributed by atoms with Crippen molar-refractivity contribution in [2.75, 3.05) is 5.32 Å². The van der Waals surface area contributed by atoms with Crippen molar-refractivity contribution in [1.82, 2.24) is 9.97 Å². The molecule has 0 aliphatic heterocycles. The van der Waals surface area contributed by atoms with E-state index in [0.717, 1.165) is 11.3 Å². The molecule has 0 fully saturated rings. The summed E-state index contributed by atoms with van der Waals surface area (Å²) in [5.74, 6) is -0.582. The normalized spacial score (nSPS) is 10.8. The number of nitro benzene ring substituents is 1. The highest BCUT2D eigenvalue weighted by Crippen LogP contribution is 2.37. The number of nitrogens with one attached hydrogen (secondary N) is 1. The second-order valence-corrected chi connectivity index (χ2v) is 6.24. The van der Waals surface area contributed by atoms with Crippen LogP contribution in [0.25, 0.3) is 10.2 Å². The van der Waals surface area contributed by atoms with Crippen LogP contribution >= 0.6 is 11.3 Å². The Hall–Kier alpha value is -3.27. The quantitative estimate of drug-likeness (QED) is 0.366. The number of fused-ring (bicyclic) bond motifs is 1. The molecule has 3 N–H and O–H groups in total. The Morgan fingerprint density at radius 2 is 2.04 bits per heavy atom. The molecule has 0 saturated heterocycles. The molecule has 0 radical (unpaired) electrons. The van der Waals surface area contributed by atoms with Gasteiger partial charge in [-0.05, 0) is 25.5 Å². The fraction of sp³-hybridized carbons (Fsp3) is 0.133. The summed E-state index contributed by atoms with van der Waals surface area (Å²) in [6.45, 7) is 3.28. The number of rotatable bonds is 4. The number of thiophene rings is 1. The van der Waals surface area contributed by atoms with Crippen molar-refractivity contribution in [2.24, 2.45) is 0 Å². The SMILES string of the molecule is Cc1nc(Nc2cc([N+](=O)[O-])ccc2O)c2c(C)c(C(=O)O)sc2n1. The summed E-state index contributed by atoms with van der Waals surface area (Å²) in [4.78, 5) is 30.8. The minimum atomic E-state index is -1.07. The Bertz CT molecular complexity index is 1030. The first kappa shape index (κ1) is 16.6. The van der Waals surface area contributed by atoms with E-state index in [0.29, 0.717) is 21.6 Å². The third kappa shape index (κ3) is 2.94. The molecule has 3 aromatic rings. The molecule has 0 aliphatic carbocycles. The number of carboxylic acids is 1. The largest absolute Gasteiger partial charge is 0.506 e. The van der Waals surface area contributed by atoms with E-state index in [-0.39, 0.29) is 27.8 Å². The van der Waals surface area contributed by atoms with Crippen molar-refractivity contribution in [2.45, 2.75) is 13.8 Å². The number of aryl methyl sites for hydroxylation is 2. The highest BCUT2D eigenvalue weighted by Gasteiger charge is 2.20. The summed E-state index contributed by atoms with van der Waals surface area (Å²) >= 11 is 1.02. The standard InChI is InChI=1S/C15H12N4O5S/c1-6-11-13(16-7(2)17-14(11)25-12(6)15(21)22)18-9-5-8(19(23)24)3-4-10(9)20/h3-5,20H,1-2H3,(H,21,22)(H,16,17,18).